The van der Waals surface area contributed by atoms with E-state index in [1.807, 2.05) is 25.1 Å². The van der Waals surface area contributed by atoms with Gasteiger partial charge in [-0.05, 0) is 44.1 Å². The molecule has 1 aromatic heterocycles. The second-order valence-electron chi connectivity index (χ2n) is 6.92. The predicted octanol–water partition coefficient (Wildman–Crippen LogP) is 2.46. The van der Waals surface area contributed by atoms with E-state index in [2.05, 4.69) is 4.98 Å². The smallest absolute Gasteiger partial charge is 0.214 e. The highest BCUT2D eigenvalue weighted by Gasteiger charge is 2.47. The molecule has 7 heteroatoms. The Balaban J connectivity index is 1.53. The van der Waals surface area contributed by atoms with Gasteiger partial charge in [-0.1, -0.05) is 13.0 Å². The molecule has 0 unspecified atom stereocenters. The lowest BCUT2D eigenvalue weighted by Crippen LogP contribution is -2.50. The van der Waals surface area contributed by atoms with E-state index >= 15 is 0 Å². The highest BCUT2D eigenvalue weighted by Crippen LogP contribution is 2.42. The van der Waals surface area contributed by atoms with Gasteiger partial charge in [0.25, 0.3) is 0 Å². The molecule has 1 atom stereocenters. The largest absolute Gasteiger partial charge is 0.478 e. The Labute approximate surface area is 150 Å². The van der Waals surface area contributed by atoms with Gasteiger partial charge < -0.3 is 9.47 Å². The van der Waals surface area contributed by atoms with Crippen LogP contribution in [0.4, 0.5) is 0 Å². The monoisotopic (exact) mass is 368 g/mol. The molecule has 3 rings (SSSR count). The molecule has 1 aromatic rings. The molecule has 140 valence electrons. The van der Waals surface area contributed by atoms with Crippen molar-refractivity contribution in [3.05, 3.63) is 24.4 Å². The van der Waals surface area contributed by atoms with E-state index in [-0.39, 0.29) is 11.4 Å². The molecule has 3 heterocycles. The molecule has 6 nitrogen and oxygen atoms in total. The molecular weight excluding hydrogens is 340 g/mol. The first-order valence-electron chi connectivity index (χ1n) is 9.21. The zero-order chi connectivity index (χ0) is 17.8. The van der Waals surface area contributed by atoms with E-state index in [1.165, 1.54) is 0 Å². The van der Waals surface area contributed by atoms with Gasteiger partial charge in [-0.25, -0.2) is 17.7 Å². The van der Waals surface area contributed by atoms with Crippen LogP contribution < -0.4 is 4.74 Å². The second kappa shape index (κ2) is 8.01. The van der Waals surface area contributed by atoms with Gasteiger partial charge in [0.05, 0.1) is 18.0 Å². The Morgan fingerprint density at radius 2 is 2.16 bits per heavy atom. The van der Waals surface area contributed by atoms with Crippen molar-refractivity contribution >= 4 is 10.0 Å². The Morgan fingerprint density at radius 1 is 1.36 bits per heavy atom. The van der Waals surface area contributed by atoms with Crippen molar-refractivity contribution in [1.82, 2.24) is 9.29 Å². The first kappa shape index (κ1) is 18.6. The minimum atomic E-state index is -3.11. The molecule has 2 fully saturated rings. The number of sulfonamides is 1. The predicted molar refractivity (Wildman–Crippen MR) is 96.0 cm³/mol. The normalized spacial score (nSPS) is 23.8. The molecular formula is C18H28N2O4S. The van der Waals surface area contributed by atoms with Crippen molar-refractivity contribution in [2.75, 3.05) is 32.1 Å². The van der Waals surface area contributed by atoms with Crippen LogP contribution in [0.25, 0.3) is 0 Å². The Morgan fingerprint density at radius 3 is 2.84 bits per heavy atom. The van der Waals surface area contributed by atoms with Crippen molar-refractivity contribution in [2.45, 2.75) is 44.6 Å². The molecule has 0 amide bonds. The number of aromatic nitrogens is 1. The topological polar surface area (TPSA) is 68.7 Å². The van der Waals surface area contributed by atoms with Gasteiger partial charge in [0, 0.05) is 32.0 Å². The summed E-state index contributed by atoms with van der Waals surface area (Å²) in [6.07, 6.45) is 5.88. The maximum Gasteiger partial charge on any atom is 0.214 e. The Hall–Kier alpha value is -1.18. The highest BCUT2D eigenvalue weighted by molar-refractivity contribution is 7.89. The summed E-state index contributed by atoms with van der Waals surface area (Å²) >= 11 is 0. The van der Waals surface area contributed by atoms with Crippen molar-refractivity contribution in [1.29, 1.82) is 0 Å². The Bertz CT molecular complexity index is 642. The fraction of sp³-hybridized carbons (Fsp3) is 0.722. The van der Waals surface area contributed by atoms with Gasteiger partial charge in [0.2, 0.25) is 15.9 Å². The summed E-state index contributed by atoms with van der Waals surface area (Å²) in [5.41, 5.74) is -0.175. The van der Waals surface area contributed by atoms with Gasteiger partial charge in [0.15, 0.2) is 0 Å². The number of hydrogen-bond acceptors (Lipinski definition) is 5. The van der Waals surface area contributed by atoms with Crippen molar-refractivity contribution < 1.29 is 17.9 Å². The second-order valence-corrected chi connectivity index (χ2v) is 9.01. The van der Waals surface area contributed by atoms with E-state index in [0.717, 1.165) is 32.3 Å². The molecule has 0 saturated carbocycles. The number of pyridine rings is 1. The van der Waals surface area contributed by atoms with Crippen LogP contribution in [0.3, 0.4) is 0 Å². The summed E-state index contributed by atoms with van der Waals surface area (Å²) in [6.45, 7) is 4.42. The average Bonchev–Trinajstić information content (AvgIpc) is 2.98. The minimum Gasteiger partial charge on any atom is -0.478 e. The quantitative estimate of drug-likeness (QED) is 0.739. The Kier molecular flexibility index (Phi) is 5.96. The van der Waals surface area contributed by atoms with Crippen LogP contribution >= 0.6 is 0 Å². The van der Waals surface area contributed by atoms with Crippen LogP contribution in [0.15, 0.2) is 24.4 Å². The van der Waals surface area contributed by atoms with Gasteiger partial charge in [-0.15, -0.1) is 0 Å². The summed E-state index contributed by atoms with van der Waals surface area (Å²) in [6, 6.07) is 5.64. The van der Waals surface area contributed by atoms with E-state index in [4.69, 9.17) is 9.47 Å². The molecule has 0 bridgehead atoms. The van der Waals surface area contributed by atoms with Crippen LogP contribution in [-0.2, 0) is 14.8 Å². The average molecular weight is 368 g/mol. The van der Waals surface area contributed by atoms with Crippen LogP contribution in [0, 0.1) is 5.92 Å². The highest BCUT2D eigenvalue weighted by atomic mass is 32.2. The summed E-state index contributed by atoms with van der Waals surface area (Å²) in [5, 5.41) is 0. The first-order valence-corrected chi connectivity index (χ1v) is 10.8. The standard InChI is InChI=1S/C18H28N2O4S/c1-2-15-25(21,22)20-11-8-18(9-12-20)16(7-14-24-18)6-13-23-17-5-3-4-10-19-17/h3-5,10,16H,2,6-9,11-15H2,1H3/t16-/m0/s1. The molecule has 25 heavy (non-hydrogen) atoms. The van der Waals surface area contributed by atoms with Gasteiger partial charge in [0.1, 0.15) is 0 Å². The molecule has 0 aliphatic carbocycles. The summed E-state index contributed by atoms with van der Waals surface area (Å²) < 4.78 is 38.0. The van der Waals surface area contributed by atoms with Crippen LogP contribution in [-0.4, -0.2) is 55.4 Å². The third kappa shape index (κ3) is 4.33. The van der Waals surface area contributed by atoms with E-state index < -0.39 is 10.0 Å². The third-order valence-corrected chi connectivity index (χ3v) is 7.45. The van der Waals surface area contributed by atoms with E-state index in [9.17, 15) is 8.42 Å². The van der Waals surface area contributed by atoms with Gasteiger partial charge >= 0.3 is 0 Å². The van der Waals surface area contributed by atoms with Gasteiger partial charge in [-0.3, -0.25) is 0 Å². The molecule has 0 N–H and O–H groups in total. The zero-order valence-corrected chi connectivity index (χ0v) is 15.7. The number of rotatable bonds is 7. The van der Waals surface area contributed by atoms with Crippen molar-refractivity contribution in [3.8, 4) is 5.88 Å². The lowest BCUT2D eigenvalue weighted by molar-refractivity contribution is -0.0589. The fourth-order valence-corrected chi connectivity index (χ4v) is 5.53. The van der Waals surface area contributed by atoms with Gasteiger partial charge in [-0.2, -0.15) is 0 Å². The molecule has 0 aromatic carbocycles. The van der Waals surface area contributed by atoms with Crippen molar-refractivity contribution in [3.63, 3.8) is 0 Å². The van der Waals surface area contributed by atoms with Crippen LogP contribution in [0.1, 0.15) is 39.0 Å². The van der Waals surface area contributed by atoms with Crippen LogP contribution in [0.5, 0.6) is 5.88 Å². The number of hydrogen-bond donors (Lipinski definition) is 0. The lowest BCUT2D eigenvalue weighted by atomic mass is 9.78. The molecule has 2 aliphatic rings. The molecule has 2 saturated heterocycles. The van der Waals surface area contributed by atoms with Crippen molar-refractivity contribution in [2.24, 2.45) is 5.92 Å². The molecule has 1 spiro atoms. The maximum atomic E-state index is 12.3. The number of nitrogens with zero attached hydrogens (tertiary/aromatic N) is 2. The molecule has 0 radical (unpaired) electrons. The van der Waals surface area contributed by atoms with E-state index in [1.54, 1.807) is 10.5 Å². The third-order valence-electron chi connectivity index (χ3n) is 5.38. The fourth-order valence-electron chi connectivity index (χ4n) is 4.01. The van der Waals surface area contributed by atoms with E-state index in [0.29, 0.717) is 37.9 Å². The summed E-state index contributed by atoms with van der Waals surface area (Å²) in [7, 11) is -3.11. The SMILES string of the molecule is CCCS(=O)(=O)N1CCC2(CC1)OCC[C@@H]2CCOc1ccccn1. The first-order chi connectivity index (χ1) is 12.1. The maximum absolute atomic E-state index is 12.3. The number of ether oxygens (including phenoxy) is 2. The minimum absolute atomic E-state index is 0.175. The van der Waals surface area contributed by atoms with Crippen LogP contribution in [0.2, 0.25) is 0 Å². The number of piperidine rings is 1. The molecule has 2 aliphatic heterocycles. The summed E-state index contributed by atoms with van der Waals surface area (Å²) in [5.74, 6) is 1.31. The lowest BCUT2D eigenvalue weighted by Gasteiger charge is -2.41. The zero-order valence-electron chi connectivity index (χ0n) is 14.9. The summed E-state index contributed by atoms with van der Waals surface area (Å²) in [4.78, 5) is 4.17.